The fourth-order valence-corrected chi connectivity index (χ4v) is 1.72. The number of hydrogen-bond donors (Lipinski definition) is 0. The summed E-state index contributed by atoms with van der Waals surface area (Å²) in [7, 11) is 0. The second kappa shape index (κ2) is 3.02. The molecule has 0 aromatic heterocycles. The van der Waals surface area contributed by atoms with Crippen molar-refractivity contribution in [1.29, 1.82) is 0 Å². The Morgan fingerprint density at radius 3 is 2.69 bits per heavy atom. The quantitative estimate of drug-likeness (QED) is 0.521. The monoisotopic (exact) mass is 172 g/mol. The smallest absolute Gasteiger partial charge is 0.00110 e. The van der Waals surface area contributed by atoms with E-state index >= 15 is 0 Å². The first-order valence-corrected chi connectivity index (χ1v) is 4.96. The highest BCUT2D eigenvalue weighted by atomic mass is 14.2. The van der Waals surface area contributed by atoms with Crippen molar-refractivity contribution in [1.82, 2.24) is 0 Å². The maximum Gasteiger partial charge on any atom is 0.00110 e. The minimum atomic E-state index is 0.213. The summed E-state index contributed by atoms with van der Waals surface area (Å²) in [5.41, 5.74) is 3.10. The predicted molar refractivity (Wildman–Crippen MR) is 57.5 cm³/mol. The lowest BCUT2D eigenvalue weighted by atomic mass is 9.93. The summed E-state index contributed by atoms with van der Waals surface area (Å²) in [6, 6.07) is 0. The van der Waals surface area contributed by atoms with Crippen LogP contribution in [0.25, 0.3) is 0 Å². The highest BCUT2D eigenvalue weighted by Crippen LogP contribution is 2.29. The van der Waals surface area contributed by atoms with E-state index in [0.717, 1.165) is 0 Å². The first-order chi connectivity index (χ1) is 6.17. The largest absolute Gasteiger partial charge is 0.0836 e. The van der Waals surface area contributed by atoms with Gasteiger partial charge in [-0.15, -0.1) is 0 Å². The molecule has 0 bridgehead atoms. The predicted octanol–water partition coefficient (Wildman–Crippen LogP) is 3.79. The van der Waals surface area contributed by atoms with Crippen LogP contribution in [0, 0.1) is 5.41 Å². The van der Waals surface area contributed by atoms with Crippen LogP contribution in [0.15, 0.2) is 47.6 Å². The lowest BCUT2D eigenvalue weighted by Gasteiger charge is -2.12. The summed E-state index contributed by atoms with van der Waals surface area (Å²) in [5, 5.41) is 0. The number of hydrogen-bond acceptors (Lipinski definition) is 0. The first kappa shape index (κ1) is 8.55. The summed E-state index contributed by atoms with van der Waals surface area (Å²) in [6.45, 7) is 4.48. The average Bonchev–Trinajstić information content (AvgIpc) is 2.27. The lowest BCUT2D eigenvalue weighted by Crippen LogP contribution is -2.00. The van der Waals surface area contributed by atoms with Gasteiger partial charge in [0.15, 0.2) is 0 Å². The highest BCUT2D eigenvalue weighted by Gasteiger charge is 2.13. The van der Waals surface area contributed by atoms with Crippen LogP contribution in [0.4, 0.5) is 0 Å². The van der Waals surface area contributed by atoms with Gasteiger partial charge in [0.2, 0.25) is 0 Å². The van der Waals surface area contributed by atoms with Crippen LogP contribution >= 0.6 is 0 Å². The van der Waals surface area contributed by atoms with Crippen LogP contribution in [0.3, 0.4) is 0 Å². The van der Waals surface area contributed by atoms with Crippen molar-refractivity contribution in [2.75, 3.05) is 0 Å². The normalized spacial score (nSPS) is 24.5. The molecule has 0 unspecified atom stereocenters. The van der Waals surface area contributed by atoms with E-state index in [-0.39, 0.29) is 5.41 Å². The van der Waals surface area contributed by atoms with Crippen LogP contribution in [0.5, 0.6) is 0 Å². The molecule has 0 fully saturated rings. The molecule has 68 valence electrons. The fourth-order valence-electron chi connectivity index (χ4n) is 1.72. The summed E-state index contributed by atoms with van der Waals surface area (Å²) >= 11 is 0. The minimum Gasteiger partial charge on any atom is -0.0836 e. The Labute approximate surface area is 80.3 Å². The molecule has 2 aliphatic carbocycles. The minimum absolute atomic E-state index is 0.213. The molecule has 0 saturated carbocycles. The SMILES string of the molecule is CC1(C)C=CC2=C(C=C1)CCC=C2. The van der Waals surface area contributed by atoms with E-state index < -0.39 is 0 Å². The van der Waals surface area contributed by atoms with Crippen LogP contribution in [0.1, 0.15) is 26.7 Å². The van der Waals surface area contributed by atoms with Gasteiger partial charge in [-0.25, -0.2) is 0 Å². The molecule has 0 heterocycles. The van der Waals surface area contributed by atoms with Crippen molar-refractivity contribution < 1.29 is 0 Å². The van der Waals surface area contributed by atoms with Crippen molar-refractivity contribution in [2.45, 2.75) is 26.7 Å². The molecule has 2 rings (SSSR count). The van der Waals surface area contributed by atoms with Crippen molar-refractivity contribution in [3.63, 3.8) is 0 Å². The molecule has 0 amide bonds. The van der Waals surface area contributed by atoms with E-state index in [4.69, 9.17) is 0 Å². The third-order valence-corrected chi connectivity index (χ3v) is 2.66. The van der Waals surface area contributed by atoms with Gasteiger partial charge in [0.25, 0.3) is 0 Å². The summed E-state index contributed by atoms with van der Waals surface area (Å²) < 4.78 is 0. The molecule has 0 spiro atoms. The van der Waals surface area contributed by atoms with Gasteiger partial charge >= 0.3 is 0 Å². The van der Waals surface area contributed by atoms with Gasteiger partial charge in [-0.3, -0.25) is 0 Å². The maximum atomic E-state index is 2.30. The zero-order valence-corrected chi connectivity index (χ0v) is 8.38. The van der Waals surface area contributed by atoms with Gasteiger partial charge in [-0.1, -0.05) is 50.3 Å². The second-order valence-electron chi connectivity index (χ2n) is 4.41. The topological polar surface area (TPSA) is 0 Å². The number of allylic oxidation sites excluding steroid dienone is 8. The zero-order chi connectivity index (χ0) is 9.31. The Morgan fingerprint density at radius 2 is 1.85 bits per heavy atom. The Bertz CT molecular complexity index is 322. The maximum absolute atomic E-state index is 2.30. The molecule has 0 aromatic carbocycles. The van der Waals surface area contributed by atoms with Crippen molar-refractivity contribution in [3.8, 4) is 0 Å². The first-order valence-electron chi connectivity index (χ1n) is 4.96. The molecular weight excluding hydrogens is 156 g/mol. The van der Waals surface area contributed by atoms with Crippen molar-refractivity contribution in [2.24, 2.45) is 5.41 Å². The van der Waals surface area contributed by atoms with E-state index in [2.05, 4.69) is 50.3 Å². The van der Waals surface area contributed by atoms with Gasteiger partial charge in [-0.05, 0) is 24.0 Å². The molecule has 0 atom stereocenters. The molecule has 0 aromatic rings. The Hall–Kier alpha value is -1.04. The van der Waals surface area contributed by atoms with E-state index in [1.807, 2.05) is 0 Å². The van der Waals surface area contributed by atoms with Crippen LogP contribution in [-0.4, -0.2) is 0 Å². The Kier molecular flexibility index (Phi) is 1.99. The van der Waals surface area contributed by atoms with Gasteiger partial charge in [0.05, 0.1) is 0 Å². The van der Waals surface area contributed by atoms with Crippen LogP contribution in [-0.2, 0) is 0 Å². The molecule has 0 nitrogen and oxygen atoms in total. The zero-order valence-electron chi connectivity index (χ0n) is 8.38. The highest BCUT2D eigenvalue weighted by molar-refractivity contribution is 5.46. The molecule has 0 aliphatic heterocycles. The fraction of sp³-hybridized carbons (Fsp3) is 0.385. The molecular formula is C13H16. The van der Waals surface area contributed by atoms with Crippen molar-refractivity contribution >= 4 is 0 Å². The molecule has 0 radical (unpaired) electrons. The van der Waals surface area contributed by atoms with Crippen LogP contribution < -0.4 is 0 Å². The summed E-state index contributed by atoms with van der Waals surface area (Å²) in [4.78, 5) is 0. The van der Waals surface area contributed by atoms with Gasteiger partial charge < -0.3 is 0 Å². The van der Waals surface area contributed by atoms with Gasteiger partial charge in [-0.2, -0.15) is 0 Å². The van der Waals surface area contributed by atoms with Crippen LogP contribution in [0.2, 0.25) is 0 Å². The molecule has 0 heteroatoms. The molecule has 0 N–H and O–H groups in total. The Morgan fingerprint density at radius 1 is 1.08 bits per heavy atom. The second-order valence-corrected chi connectivity index (χ2v) is 4.41. The van der Waals surface area contributed by atoms with Gasteiger partial charge in [0.1, 0.15) is 0 Å². The molecule has 13 heavy (non-hydrogen) atoms. The van der Waals surface area contributed by atoms with E-state index in [1.165, 1.54) is 24.0 Å². The summed E-state index contributed by atoms with van der Waals surface area (Å²) in [6.07, 6.45) is 16.0. The third kappa shape index (κ3) is 1.82. The Balaban J connectivity index is 2.38. The average molecular weight is 172 g/mol. The summed E-state index contributed by atoms with van der Waals surface area (Å²) in [5.74, 6) is 0. The van der Waals surface area contributed by atoms with Gasteiger partial charge in [0, 0.05) is 5.41 Å². The lowest BCUT2D eigenvalue weighted by molar-refractivity contribution is 0.626. The van der Waals surface area contributed by atoms with E-state index in [9.17, 15) is 0 Å². The van der Waals surface area contributed by atoms with Crippen molar-refractivity contribution in [3.05, 3.63) is 47.6 Å². The number of rotatable bonds is 0. The molecule has 2 aliphatic rings. The van der Waals surface area contributed by atoms with E-state index in [0.29, 0.717) is 0 Å². The molecule has 0 saturated heterocycles. The third-order valence-electron chi connectivity index (χ3n) is 2.66. The standard InChI is InChI=1S/C13H16/c1-13(2)9-7-11-5-3-4-6-12(11)8-10-13/h3,5,7-10H,4,6H2,1-2H3. The van der Waals surface area contributed by atoms with E-state index in [1.54, 1.807) is 0 Å².